The highest BCUT2D eigenvalue weighted by atomic mass is 19.1. The second kappa shape index (κ2) is 9.50. The van der Waals surface area contributed by atoms with Crippen LogP contribution in [0.1, 0.15) is 16.8 Å². The van der Waals surface area contributed by atoms with Crippen molar-refractivity contribution in [2.75, 3.05) is 38.2 Å². The Morgan fingerprint density at radius 3 is 2.62 bits per heavy atom. The van der Waals surface area contributed by atoms with Gasteiger partial charge in [0, 0.05) is 37.1 Å². The molecular formula is C28H25FN6O2. The normalized spacial score (nSPS) is 14.2. The van der Waals surface area contributed by atoms with Crippen LogP contribution < -0.4 is 9.64 Å². The van der Waals surface area contributed by atoms with Crippen LogP contribution in [-0.4, -0.2) is 63.7 Å². The molecule has 0 bridgehead atoms. The Hall–Kier alpha value is -4.53. The van der Waals surface area contributed by atoms with Gasteiger partial charge in [0.25, 0.3) is 5.91 Å². The SMILES string of the molecule is COc1cccc(-c2nnc3c4ccccc4nc(N4CCCN(C(=O)c5ccccc5F)CC4)n23)c1. The van der Waals surface area contributed by atoms with E-state index in [9.17, 15) is 9.18 Å². The summed E-state index contributed by atoms with van der Waals surface area (Å²) in [5.41, 5.74) is 2.48. The molecule has 0 atom stereocenters. The Morgan fingerprint density at radius 2 is 1.76 bits per heavy atom. The lowest BCUT2D eigenvalue weighted by Crippen LogP contribution is -2.36. The molecular weight excluding hydrogens is 471 g/mol. The number of amides is 1. The van der Waals surface area contributed by atoms with Gasteiger partial charge in [-0.3, -0.25) is 4.79 Å². The second-order valence-electron chi connectivity index (χ2n) is 8.96. The predicted octanol–water partition coefficient (Wildman–Crippen LogP) is 4.44. The smallest absolute Gasteiger partial charge is 0.256 e. The number of hydrogen-bond donors (Lipinski definition) is 0. The van der Waals surface area contributed by atoms with Crippen molar-refractivity contribution in [3.63, 3.8) is 0 Å². The zero-order valence-corrected chi connectivity index (χ0v) is 20.3. The van der Waals surface area contributed by atoms with Gasteiger partial charge in [-0.05, 0) is 42.8 Å². The molecule has 0 aliphatic carbocycles. The molecule has 0 N–H and O–H groups in total. The number of aromatic nitrogens is 4. The van der Waals surface area contributed by atoms with Gasteiger partial charge in [-0.2, -0.15) is 0 Å². The van der Waals surface area contributed by atoms with Gasteiger partial charge in [-0.25, -0.2) is 13.8 Å². The lowest BCUT2D eigenvalue weighted by molar-refractivity contribution is 0.0762. The molecule has 6 rings (SSSR count). The number of benzene rings is 3. The summed E-state index contributed by atoms with van der Waals surface area (Å²) in [4.78, 5) is 22.0. The van der Waals surface area contributed by atoms with Gasteiger partial charge in [0.15, 0.2) is 11.5 Å². The van der Waals surface area contributed by atoms with Crippen molar-refractivity contribution >= 4 is 28.4 Å². The van der Waals surface area contributed by atoms with Crippen molar-refractivity contribution in [2.24, 2.45) is 0 Å². The minimum atomic E-state index is -0.501. The maximum Gasteiger partial charge on any atom is 0.256 e. The van der Waals surface area contributed by atoms with Crippen molar-refractivity contribution in [1.29, 1.82) is 0 Å². The zero-order chi connectivity index (χ0) is 25.4. The summed E-state index contributed by atoms with van der Waals surface area (Å²) in [6.07, 6.45) is 0.715. The molecule has 1 fully saturated rings. The van der Waals surface area contributed by atoms with Crippen LogP contribution in [-0.2, 0) is 0 Å². The minimum Gasteiger partial charge on any atom is -0.497 e. The topological polar surface area (TPSA) is 75.9 Å². The Kier molecular flexibility index (Phi) is 5.88. The number of hydrogen-bond acceptors (Lipinski definition) is 6. The average Bonchev–Trinajstić information content (AvgIpc) is 3.24. The fourth-order valence-electron chi connectivity index (χ4n) is 4.85. The van der Waals surface area contributed by atoms with Crippen molar-refractivity contribution in [3.05, 3.63) is 84.2 Å². The van der Waals surface area contributed by atoms with E-state index in [-0.39, 0.29) is 11.5 Å². The van der Waals surface area contributed by atoms with Gasteiger partial charge in [0.2, 0.25) is 5.95 Å². The maximum absolute atomic E-state index is 14.3. The van der Waals surface area contributed by atoms with Crippen LogP contribution in [0, 0.1) is 5.82 Å². The number of nitrogens with zero attached hydrogens (tertiary/aromatic N) is 6. The molecule has 9 heteroatoms. The number of methoxy groups -OCH3 is 1. The zero-order valence-electron chi connectivity index (χ0n) is 20.3. The Bertz CT molecular complexity index is 1620. The Morgan fingerprint density at radius 1 is 0.919 bits per heavy atom. The van der Waals surface area contributed by atoms with E-state index in [1.54, 1.807) is 24.1 Å². The number of carbonyl (C=O) groups is 1. The standard InChI is InChI=1S/C28H25FN6O2/c1-37-20-9-6-8-19(18-20)25-31-32-26-22-11-3-5-13-24(22)30-28(35(25)26)34-15-7-14-33(16-17-34)27(36)21-10-2-4-12-23(21)29/h2-6,8-13,18H,7,14-17H2,1H3. The van der Waals surface area contributed by atoms with Crippen molar-refractivity contribution in [3.8, 4) is 17.1 Å². The summed E-state index contributed by atoms with van der Waals surface area (Å²) in [5, 5.41) is 10.00. The van der Waals surface area contributed by atoms with Gasteiger partial charge in [-0.1, -0.05) is 36.4 Å². The van der Waals surface area contributed by atoms with Gasteiger partial charge < -0.3 is 14.5 Å². The van der Waals surface area contributed by atoms with Crippen molar-refractivity contribution < 1.29 is 13.9 Å². The summed E-state index contributed by atoms with van der Waals surface area (Å²) in [6.45, 7) is 2.19. The molecule has 0 unspecified atom stereocenters. The van der Waals surface area contributed by atoms with Gasteiger partial charge in [-0.15, -0.1) is 10.2 Å². The largest absolute Gasteiger partial charge is 0.497 e. The molecule has 0 saturated carbocycles. The van der Waals surface area contributed by atoms with E-state index in [0.29, 0.717) is 50.0 Å². The molecule has 1 aliphatic rings. The van der Waals surface area contributed by atoms with E-state index in [1.165, 1.54) is 12.1 Å². The van der Waals surface area contributed by atoms with E-state index in [1.807, 2.05) is 52.9 Å². The molecule has 1 aliphatic heterocycles. The third kappa shape index (κ3) is 4.12. The third-order valence-electron chi connectivity index (χ3n) is 6.73. The van der Waals surface area contributed by atoms with Crippen LogP contribution in [0.4, 0.5) is 10.3 Å². The van der Waals surface area contributed by atoms with E-state index < -0.39 is 5.82 Å². The molecule has 186 valence electrons. The quantitative estimate of drug-likeness (QED) is 0.366. The molecule has 37 heavy (non-hydrogen) atoms. The maximum atomic E-state index is 14.3. The number of para-hydroxylation sites is 1. The van der Waals surface area contributed by atoms with Crippen LogP contribution in [0.2, 0.25) is 0 Å². The van der Waals surface area contributed by atoms with Crippen molar-refractivity contribution in [2.45, 2.75) is 6.42 Å². The average molecular weight is 497 g/mol. The third-order valence-corrected chi connectivity index (χ3v) is 6.73. The first-order valence-electron chi connectivity index (χ1n) is 12.2. The van der Waals surface area contributed by atoms with Crippen molar-refractivity contribution in [1.82, 2.24) is 24.5 Å². The fourth-order valence-corrected chi connectivity index (χ4v) is 4.85. The highest BCUT2D eigenvalue weighted by Gasteiger charge is 2.26. The molecule has 5 aromatic rings. The molecule has 0 radical (unpaired) electrons. The van der Waals surface area contributed by atoms with Gasteiger partial charge in [0.1, 0.15) is 11.6 Å². The molecule has 3 aromatic carbocycles. The number of anilines is 1. The Labute approximate surface area is 212 Å². The fraction of sp³-hybridized carbons (Fsp3) is 0.214. The van der Waals surface area contributed by atoms with Crippen LogP contribution >= 0.6 is 0 Å². The monoisotopic (exact) mass is 496 g/mol. The molecule has 1 amide bonds. The summed E-state index contributed by atoms with van der Waals surface area (Å²) < 4.78 is 21.7. The lowest BCUT2D eigenvalue weighted by Gasteiger charge is -2.24. The first kappa shape index (κ1) is 22.9. The summed E-state index contributed by atoms with van der Waals surface area (Å²) >= 11 is 0. The number of rotatable bonds is 4. The van der Waals surface area contributed by atoms with Crippen LogP contribution in [0.15, 0.2) is 72.8 Å². The van der Waals surface area contributed by atoms with Gasteiger partial charge in [0.05, 0.1) is 18.2 Å². The highest BCUT2D eigenvalue weighted by Crippen LogP contribution is 2.30. The molecule has 3 heterocycles. The number of ether oxygens (including phenoxy) is 1. The van der Waals surface area contributed by atoms with Crippen LogP contribution in [0.5, 0.6) is 5.75 Å². The molecule has 1 saturated heterocycles. The summed E-state index contributed by atoms with van der Waals surface area (Å²) in [7, 11) is 1.63. The highest BCUT2D eigenvalue weighted by molar-refractivity contribution is 5.95. The molecule has 0 spiro atoms. The van der Waals surface area contributed by atoms with E-state index >= 15 is 0 Å². The molecule has 2 aromatic heterocycles. The summed E-state index contributed by atoms with van der Waals surface area (Å²) in [5.74, 6) is 1.29. The van der Waals surface area contributed by atoms with E-state index in [2.05, 4.69) is 15.1 Å². The summed E-state index contributed by atoms with van der Waals surface area (Å²) in [6, 6.07) is 21.7. The lowest BCUT2D eigenvalue weighted by atomic mass is 10.2. The number of fused-ring (bicyclic) bond motifs is 3. The van der Waals surface area contributed by atoms with Crippen LogP contribution in [0.25, 0.3) is 27.9 Å². The first-order chi connectivity index (χ1) is 18.1. The number of halogens is 1. The predicted molar refractivity (Wildman–Crippen MR) is 139 cm³/mol. The van der Waals surface area contributed by atoms with E-state index in [0.717, 1.165) is 22.2 Å². The first-order valence-corrected chi connectivity index (χ1v) is 12.2. The van der Waals surface area contributed by atoms with Gasteiger partial charge >= 0.3 is 0 Å². The second-order valence-corrected chi connectivity index (χ2v) is 8.96. The minimum absolute atomic E-state index is 0.0984. The molecule has 8 nitrogen and oxygen atoms in total. The van der Waals surface area contributed by atoms with E-state index in [4.69, 9.17) is 9.72 Å². The van der Waals surface area contributed by atoms with Crippen LogP contribution in [0.3, 0.4) is 0 Å². The Balaban J connectivity index is 1.41. The number of carbonyl (C=O) groups excluding carboxylic acids is 1.